The van der Waals surface area contributed by atoms with Crippen LogP contribution >= 0.6 is 0 Å². The van der Waals surface area contributed by atoms with Gasteiger partial charge in [0.2, 0.25) is 0 Å². The maximum absolute atomic E-state index is 6.03. The summed E-state index contributed by atoms with van der Waals surface area (Å²) in [6.07, 6.45) is 8.49. The number of hydrazine groups is 1. The van der Waals surface area contributed by atoms with Gasteiger partial charge in [-0.15, -0.1) is 0 Å². The molecule has 0 fully saturated rings. The summed E-state index contributed by atoms with van der Waals surface area (Å²) in [4.78, 5) is 14.0. The van der Waals surface area contributed by atoms with Crippen LogP contribution in [0.15, 0.2) is 67.3 Å². The Bertz CT molecular complexity index is 1710. The average molecular weight is 552 g/mol. The Kier molecular flexibility index (Phi) is 8.16. The van der Waals surface area contributed by atoms with Crippen molar-refractivity contribution < 1.29 is 18.9 Å². The monoisotopic (exact) mass is 551 g/mol. The fourth-order valence-corrected chi connectivity index (χ4v) is 5.15. The number of benzene rings is 2. The number of pyridine rings is 3. The number of aromatic nitrogens is 3. The number of hydrogen-bond acceptors (Lipinski definition) is 9. The Balaban J connectivity index is 1.77. The van der Waals surface area contributed by atoms with E-state index in [1.54, 1.807) is 40.8 Å². The molecule has 5 aromatic rings. The highest BCUT2D eigenvalue weighted by molar-refractivity contribution is 5.99. The van der Waals surface area contributed by atoms with Gasteiger partial charge in [-0.1, -0.05) is 12.1 Å². The molecule has 210 valence electrons. The van der Waals surface area contributed by atoms with Crippen molar-refractivity contribution in [2.45, 2.75) is 19.8 Å². The average Bonchev–Trinajstić information content (AvgIpc) is 3.01. The molecule has 0 saturated heterocycles. The lowest BCUT2D eigenvalue weighted by molar-refractivity contribution is 0.354. The minimum Gasteiger partial charge on any atom is -0.493 e. The van der Waals surface area contributed by atoms with Gasteiger partial charge in [-0.2, -0.15) is 0 Å². The minimum absolute atomic E-state index is 0.538. The van der Waals surface area contributed by atoms with Gasteiger partial charge in [0.05, 0.1) is 34.1 Å². The maximum Gasteiger partial charge on any atom is 0.160 e. The minimum atomic E-state index is 0.538. The third-order valence-corrected chi connectivity index (χ3v) is 7.19. The van der Waals surface area contributed by atoms with Crippen LogP contribution in [0.1, 0.15) is 27.8 Å². The molecule has 9 heteroatoms. The van der Waals surface area contributed by atoms with Crippen LogP contribution in [0, 0.1) is 6.92 Å². The van der Waals surface area contributed by atoms with E-state index in [4.69, 9.17) is 29.8 Å². The number of hydrogen-bond donors (Lipinski definition) is 2. The van der Waals surface area contributed by atoms with E-state index in [0.717, 1.165) is 49.8 Å². The Morgan fingerprint density at radius 3 is 1.95 bits per heavy atom. The first-order valence-corrected chi connectivity index (χ1v) is 13.1. The molecule has 0 aliphatic rings. The van der Waals surface area contributed by atoms with Crippen molar-refractivity contribution in [3.63, 3.8) is 0 Å². The third-order valence-electron chi connectivity index (χ3n) is 7.19. The van der Waals surface area contributed by atoms with Gasteiger partial charge in [0.15, 0.2) is 23.0 Å². The predicted octanol–water partition coefficient (Wildman–Crippen LogP) is 5.50. The molecule has 9 nitrogen and oxygen atoms in total. The maximum atomic E-state index is 6.03. The molecule has 0 aliphatic carbocycles. The second-order valence-electron chi connectivity index (χ2n) is 9.58. The molecule has 5 rings (SSSR count). The second kappa shape index (κ2) is 12.1. The molecule has 0 spiro atoms. The first-order chi connectivity index (χ1) is 20.0. The van der Waals surface area contributed by atoms with Gasteiger partial charge in [-0.25, -0.2) is 10.8 Å². The van der Waals surface area contributed by atoms with Crippen molar-refractivity contribution in [1.82, 2.24) is 15.0 Å². The lowest BCUT2D eigenvalue weighted by atomic mass is 9.90. The molecule has 0 radical (unpaired) electrons. The fourth-order valence-electron chi connectivity index (χ4n) is 5.15. The summed E-state index contributed by atoms with van der Waals surface area (Å²) >= 11 is 0. The Labute approximate surface area is 239 Å². The quantitative estimate of drug-likeness (QED) is 0.171. The highest BCUT2D eigenvalue weighted by Gasteiger charge is 2.21. The highest BCUT2D eigenvalue weighted by atomic mass is 16.5. The number of ether oxygens (including phenoxy) is 4. The van der Waals surface area contributed by atoms with Gasteiger partial charge >= 0.3 is 0 Å². The van der Waals surface area contributed by atoms with E-state index in [0.29, 0.717) is 41.7 Å². The molecule has 2 aromatic carbocycles. The van der Waals surface area contributed by atoms with Gasteiger partial charge in [0.1, 0.15) is 5.82 Å². The number of methoxy groups -OCH3 is 4. The van der Waals surface area contributed by atoms with E-state index in [2.05, 4.69) is 22.3 Å². The largest absolute Gasteiger partial charge is 0.493 e. The van der Waals surface area contributed by atoms with Crippen LogP contribution in [0.25, 0.3) is 22.0 Å². The van der Waals surface area contributed by atoms with Gasteiger partial charge in [-0.3, -0.25) is 9.97 Å². The highest BCUT2D eigenvalue weighted by Crippen LogP contribution is 2.39. The van der Waals surface area contributed by atoms with E-state index in [1.807, 2.05) is 54.9 Å². The number of aryl methyl sites for hydroxylation is 1. The van der Waals surface area contributed by atoms with Crippen molar-refractivity contribution in [1.29, 1.82) is 0 Å². The van der Waals surface area contributed by atoms with Crippen LogP contribution < -0.4 is 30.2 Å². The van der Waals surface area contributed by atoms with E-state index in [9.17, 15) is 0 Å². The Hall–Kier alpha value is -4.89. The summed E-state index contributed by atoms with van der Waals surface area (Å²) in [7, 11) is 6.53. The topological polar surface area (TPSA) is 114 Å². The summed E-state index contributed by atoms with van der Waals surface area (Å²) < 4.78 is 22.1. The summed E-state index contributed by atoms with van der Waals surface area (Å²) in [5.74, 6) is 9.24. The van der Waals surface area contributed by atoms with Gasteiger partial charge in [0.25, 0.3) is 0 Å². The molecular weight excluding hydrogens is 518 g/mol. The molecule has 3 heterocycles. The van der Waals surface area contributed by atoms with Crippen LogP contribution in [0.3, 0.4) is 0 Å². The van der Waals surface area contributed by atoms with Crippen LogP contribution in [-0.4, -0.2) is 43.4 Å². The van der Waals surface area contributed by atoms with E-state index in [1.165, 1.54) is 0 Å². The first-order valence-electron chi connectivity index (χ1n) is 13.1. The van der Waals surface area contributed by atoms with Gasteiger partial charge < -0.3 is 24.4 Å². The normalized spacial score (nSPS) is 10.9. The second-order valence-corrected chi connectivity index (χ2v) is 9.58. The molecular formula is C32H33N5O4. The zero-order valence-corrected chi connectivity index (χ0v) is 23.8. The standard InChI is InChI=1S/C32H33N5O4/c1-19-10-11-34-17-24(19)31-23(13-21-7-9-27(39-3)29(15-21)41-5)30-22(16-35-18-25(30)32(36-31)37-33)12-20-6-8-26(38-2)28(14-20)40-4/h6-11,14-18H,12-13,33H2,1-5H3,(H,36,37). The number of nitrogens with one attached hydrogen (secondary N) is 1. The third kappa shape index (κ3) is 5.44. The summed E-state index contributed by atoms with van der Waals surface area (Å²) in [6, 6.07) is 13.9. The van der Waals surface area contributed by atoms with E-state index in [-0.39, 0.29) is 0 Å². The summed E-state index contributed by atoms with van der Waals surface area (Å²) in [6.45, 7) is 2.05. The zero-order valence-electron chi connectivity index (χ0n) is 23.8. The first kappa shape index (κ1) is 27.7. The predicted molar refractivity (Wildman–Crippen MR) is 160 cm³/mol. The number of nitrogen functional groups attached to an aromatic ring is 1. The van der Waals surface area contributed by atoms with Crippen LogP contribution in [-0.2, 0) is 12.8 Å². The van der Waals surface area contributed by atoms with Crippen molar-refractivity contribution in [3.8, 4) is 34.3 Å². The smallest absolute Gasteiger partial charge is 0.160 e. The molecule has 0 amide bonds. The van der Waals surface area contributed by atoms with Crippen molar-refractivity contribution in [2.75, 3.05) is 33.9 Å². The van der Waals surface area contributed by atoms with Crippen molar-refractivity contribution in [2.24, 2.45) is 5.84 Å². The lowest BCUT2D eigenvalue weighted by Crippen LogP contribution is -2.12. The molecule has 41 heavy (non-hydrogen) atoms. The molecule has 3 aromatic heterocycles. The molecule has 0 aliphatic heterocycles. The molecule has 3 N–H and O–H groups in total. The Morgan fingerprint density at radius 2 is 1.37 bits per heavy atom. The summed E-state index contributed by atoms with van der Waals surface area (Å²) in [5.41, 5.74) is 9.72. The molecule has 0 atom stereocenters. The van der Waals surface area contributed by atoms with Crippen LogP contribution in [0.2, 0.25) is 0 Å². The van der Waals surface area contributed by atoms with E-state index >= 15 is 0 Å². The van der Waals surface area contributed by atoms with Crippen molar-refractivity contribution >= 4 is 16.6 Å². The van der Waals surface area contributed by atoms with Crippen LogP contribution in [0.5, 0.6) is 23.0 Å². The number of rotatable bonds is 10. The van der Waals surface area contributed by atoms with Gasteiger partial charge in [-0.05, 0) is 76.9 Å². The number of nitrogens with two attached hydrogens (primary N) is 1. The van der Waals surface area contributed by atoms with Crippen LogP contribution in [0.4, 0.5) is 5.82 Å². The lowest BCUT2D eigenvalue weighted by Gasteiger charge is -2.20. The van der Waals surface area contributed by atoms with E-state index < -0.39 is 0 Å². The van der Waals surface area contributed by atoms with Gasteiger partial charge in [0, 0.05) is 42.2 Å². The zero-order chi connectivity index (χ0) is 28.9. The molecule has 0 saturated carbocycles. The number of nitrogens with zero attached hydrogens (tertiary/aromatic N) is 3. The molecule has 0 unspecified atom stereocenters. The summed E-state index contributed by atoms with van der Waals surface area (Å²) in [5, 5.41) is 1.84. The molecule has 0 bridgehead atoms. The Morgan fingerprint density at radius 1 is 0.732 bits per heavy atom. The van der Waals surface area contributed by atoms with Crippen molar-refractivity contribution in [3.05, 3.63) is 95.1 Å². The number of anilines is 1. The SMILES string of the molecule is COc1ccc(Cc2cncc3c(NN)nc(-c4cnccc4C)c(Cc4ccc(OC)c(OC)c4)c23)cc1OC. The number of fused-ring (bicyclic) bond motifs is 1. The fraction of sp³-hybridized carbons (Fsp3) is 0.219.